The van der Waals surface area contributed by atoms with Crippen molar-refractivity contribution < 1.29 is 0 Å². The molecule has 3 aromatic rings. The molecule has 0 fully saturated rings. The van der Waals surface area contributed by atoms with Gasteiger partial charge in [0.15, 0.2) is 11.5 Å². The molecule has 1 unspecified atom stereocenters. The smallest absolute Gasteiger partial charge is 0.160 e. The van der Waals surface area contributed by atoms with Crippen LogP contribution < -0.4 is 5.32 Å². The fourth-order valence-corrected chi connectivity index (χ4v) is 2.65. The van der Waals surface area contributed by atoms with Crippen molar-refractivity contribution in [3.05, 3.63) is 47.8 Å². The maximum Gasteiger partial charge on any atom is 0.160 e. The van der Waals surface area contributed by atoms with E-state index in [9.17, 15) is 0 Å². The van der Waals surface area contributed by atoms with Crippen LogP contribution in [0.25, 0.3) is 5.65 Å². The van der Waals surface area contributed by atoms with E-state index in [0.717, 1.165) is 35.2 Å². The maximum atomic E-state index is 4.51. The summed E-state index contributed by atoms with van der Waals surface area (Å²) in [6, 6.07) is 7.93. The lowest BCUT2D eigenvalue weighted by Crippen LogP contribution is -2.20. The van der Waals surface area contributed by atoms with E-state index in [1.807, 2.05) is 41.8 Å². The standard InChI is InChI=1S/C17H22N6/c1-5-13-10-14(19-12(4)18-13)20-16(11(2)3)17-22-21-15-8-6-7-9-23(15)17/h6-11,16H,5H2,1-4H3,(H,18,19,20). The Hall–Kier alpha value is -2.50. The van der Waals surface area contributed by atoms with E-state index in [1.165, 1.54) is 0 Å². The first-order chi connectivity index (χ1) is 11.1. The Bertz CT molecular complexity index is 808. The van der Waals surface area contributed by atoms with Gasteiger partial charge in [-0.25, -0.2) is 9.97 Å². The molecule has 0 saturated carbocycles. The number of aryl methyl sites for hydroxylation is 2. The molecule has 0 aliphatic carbocycles. The monoisotopic (exact) mass is 310 g/mol. The maximum absolute atomic E-state index is 4.51. The molecule has 0 aliphatic heterocycles. The average Bonchev–Trinajstić information content (AvgIpc) is 2.95. The second kappa shape index (κ2) is 6.32. The third kappa shape index (κ3) is 3.16. The van der Waals surface area contributed by atoms with Gasteiger partial charge in [0, 0.05) is 18.0 Å². The van der Waals surface area contributed by atoms with Crippen LogP contribution in [0.3, 0.4) is 0 Å². The van der Waals surface area contributed by atoms with Crippen LogP contribution in [0, 0.1) is 12.8 Å². The summed E-state index contributed by atoms with van der Waals surface area (Å²) in [5, 5.41) is 12.2. The number of aromatic nitrogens is 5. The predicted octanol–water partition coefficient (Wildman–Crippen LogP) is 3.20. The summed E-state index contributed by atoms with van der Waals surface area (Å²) in [5.74, 6) is 2.84. The van der Waals surface area contributed by atoms with Crippen LogP contribution in [-0.4, -0.2) is 24.6 Å². The van der Waals surface area contributed by atoms with Crippen molar-refractivity contribution >= 4 is 11.5 Å². The molecule has 3 heterocycles. The van der Waals surface area contributed by atoms with E-state index in [-0.39, 0.29) is 6.04 Å². The van der Waals surface area contributed by atoms with Gasteiger partial charge in [0.2, 0.25) is 0 Å². The number of hydrogen-bond acceptors (Lipinski definition) is 5. The minimum absolute atomic E-state index is 0.0198. The van der Waals surface area contributed by atoms with Gasteiger partial charge in [-0.15, -0.1) is 10.2 Å². The number of anilines is 1. The summed E-state index contributed by atoms with van der Waals surface area (Å²) in [4.78, 5) is 8.95. The minimum atomic E-state index is 0.0198. The van der Waals surface area contributed by atoms with Crippen molar-refractivity contribution in [2.24, 2.45) is 5.92 Å². The van der Waals surface area contributed by atoms with E-state index in [1.54, 1.807) is 0 Å². The van der Waals surface area contributed by atoms with Crippen LogP contribution in [0.2, 0.25) is 0 Å². The Balaban J connectivity index is 1.98. The molecule has 6 heteroatoms. The first-order valence-electron chi connectivity index (χ1n) is 7.99. The molecule has 0 radical (unpaired) electrons. The molecule has 23 heavy (non-hydrogen) atoms. The lowest BCUT2D eigenvalue weighted by molar-refractivity contribution is 0.515. The minimum Gasteiger partial charge on any atom is -0.360 e. The number of pyridine rings is 1. The van der Waals surface area contributed by atoms with Gasteiger partial charge in [-0.05, 0) is 31.4 Å². The van der Waals surface area contributed by atoms with Crippen LogP contribution in [0.1, 0.15) is 44.2 Å². The number of nitrogens with zero attached hydrogens (tertiary/aromatic N) is 5. The van der Waals surface area contributed by atoms with Gasteiger partial charge in [0.1, 0.15) is 11.6 Å². The van der Waals surface area contributed by atoms with E-state index in [0.29, 0.717) is 5.92 Å². The molecule has 120 valence electrons. The van der Waals surface area contributed by atoms with Crippen molar-refractivity contribution in [1.29, 1.82) is 0 Å². The van der Waals surface area contributed by atoms with Crippen molar-refractivity contribution in [2.45, 2.75) is 40.2 Å². The Morgan fingerprint density at radius 3 is 2.74 bits per heavy atom. The van der Waals surface area contributed by atoms with Gasteiger partial charge < -0.3 is 5.32 Å². The highest BCUT2D eigenvalue weighted by Crippen LogP contribution is 2.25. The van der Waals surface area contributed by atoms with Crippen molar-refractivity contribution in [2.75, 3.05) is 5.32 Å². The molecule has 3 aromatic heterocycles. The molecule has 1 N–H and O–H groups in total. The molecule has 1 atom stereocenters. The summed E-state index contributed by atoms with van der Waals surface area (Å²) in [5.41, 5.74) is 1.89. The van der Waals surface area contributed by atoms with Crippen molar-refractivity contribution in [1.82, 2.24) is 24.6 Å². The summed E-state index contributed by atoms with van der Waals surface area (Å²) in [6.45, 7) is 8.34. The molecule has 6 nitrogen and oxygen atoms in total. The van der Waals surface area contributed by atoms with E-state index in [2.05, 4.69) is 46.3 Å². The van der Waals surface area contributed by atoms with Crippen molar-refractivity contribution in [3.8, 4) is 0 Å². The molecule has 0 saturated heterocycles. The topological polar surface area (TPSA) is 68.0 Å². The summed E-state index contributed by atoms with van der Waals surface area (Å²) in [7, 11) is 0. The zero-order valence-corrected chi connectivity index (χ0v) is 14.0. The molecule has 0 spiro atoms. The van der Waals surface area contributed by atoms with Crippen LogP contribution in [0.5, 0.6) is 0 Å². The summed E-state index contributed by atoms with van der Waals surface area (Å²) < 4.78 is 2.02. The Kier molecular flexibility index (Phi) is 4.23. The highest BCUT2D eigenvalue weighted by Gasteiger charge is 2.22. The van der Waals surface area contributed by atoms with Gasteiger partial charge >= 0.3 is 0 Å². The third-order valence-electron chi connectivity index (χ3n) is 3.84. The lowest BCUT2D eigenvalue weighted by atomic mass is 10.0. The SMILES string of the molecule is CCc1cc(NC(c2nnc3ccccn23)C(C)C)nc(C)n1. The Morgan fingerprint density at radius 2 is 2.00 bits per heavy atom. The quantitative estimate of drug-likeness (QED) is 0.784. The summed E-state index contributed by atoms with van der Waals surface area (Å²) >= 11 is 0. The fourth-order valence-electron chi connectivity index (χ4n) is 2.65. The normalized spacial score (nSPS) is 12.7. The molecule has 0 bridgehead atoms. The Labute approximate surface area is 136 Å². The number of nitrogens with one attached hydrogen (secondary N) is 1. The zero-order chi connectivity index (χ0) is 16.4. The zero-order valence-electron chi connectivity index (χ0n) is 14.0. The summed E-state index contributed by atoms with van der Waals surface area (Å²) in [6.07, 6.45) is 2.88. The van der Waals surface area contributed by atoms with Crippen molar-refractivity contribution in [3.63, 3.8) is 0 Å². The van der Waals surface area contributed by atoms with Gasteiger partial charge in [-0.1, -0.05) is 26.8 Å². The average molecular weight is 310 g/mol. The molecule has 0 aromatic carbocycles. The van der Waals surface area contributed by atoms with Gasteiger partial charge in [0.25, 0.3) is 0 Å². The van der Waals surface area contributed by atoms with E-state index in [4.69, 9.17) is 0 Å². The first-order valence-corrected chi connectivity index (χ1v) is 7.99. The second-order valence-electron chi connectivity index (χ2n) is 6.00. The largest absolute Gasteiger partial charge is 0.360 e. The van der Waals surface area contributed by atoms with E-state index < -0.39 is 0 Å². The second-order valence-corrected chi connectivity index (χ2v) is 6.00. The third-order valence-corrected chi connectivity index (χ3v) is 3.84. The highest BCUT2D eigenvalue weighted by atomic mass is 15.3. The highest BCUT2D eigenvalue weighted by molar-refractivity contribution is 5.42. The molecular weight excluding hydrogens is 288 g/mol. The molecule has 0 aliphatic rings. The lowest BCUT2D eigenvalue weighted by Gasteiger charge is -2.21. The Morgan fingerprint density at radius 1 is 1.17 bits per heavy atom. The van der Waals surface area contributed by atoms with Gasteiger partial charge in [-0.2, -0.15) is 0 Å². The number of hydrogen-bond donors (Lipinski definition) is 1. The fraction of sp³-hybridized carbons (Fsp3) is 0.412. The van der Waals surface area contributed by atoms with Gasteiger partial charge in [0.05, 0.1) is 6.04 Å². The van der Waals surface area contributed by atoms with Crippen LogP contribution in [0.4, 0.5) is 5.82 Å². The van der Waals surface area contributed by atoms with Gasteiger partial charge in [-0.3, -0.25) is 4.40 Å². The number of rotatable bonds is 5. The van der Waals surface area contributed by atoms with Crippen LogP contribution in [-0.2, 0) is 6.42 Å². The molecular formula is C17H22N6. The van der Waals surface area contributed by atoms with Crippen LogP contribution >= 0.6 is 0 Å². The predicted molar refractivity (Wildman–Crippen MR) is 90.3 cm³/mol. The van der Waals surface area contributed by atoms with E-state index >= 15 is 0 Å². The van der Waals surface area contributed by atoms with Crippen LogP contribution in [0.15, 0.2) is 30.5 Å². The first kappa shape index (κ1) is 15.4. The number of fused-ring (bicyclic) bond motifs is 1. The molecule has 0 amide bonds. The molecule has 3 rings (SSSR count).